The zero-order valence-corrected chi connectivity index (χ0v) is 10.6. The Bertz CT molecular complexity index is 537. The van der Waals surface area contributed by atoms with E-state index in [4.69, 9.17) is 14.9 Å². The van der Waals surface area contributed by atoms with Crippen molar-refractivity contribution in [3.8, 4) is 5.75 Å². The van der Waals surface area contributed by atoms with E-state index in [0.29, 0.717) is 11.3 Å². The van der Waals surface area contributed by atoms with Crippen LogP contribution in [0.2, 0.25) is 0 Å². The van der Waals surface area contributed by atoms with Crippen LogP contribution >= 0.6 is 0 Å². The zero-order chi connectivity index (χ0) is 14.4. The molecule has 0 aromatic heterocycles. The van der Waals surface area contributed by atoms with Gasteiger partial charge in [-0.05, 0) is 36.3 Å². The second kappa shape index (κ2) is 6.39. The Balaban J connectivity index is 3.14. The Hall–Kier alpha value is -2.56. The summed E-state index contributed by atoms with van der Waals surface area (Å²) in [5, 5.41) is 17.7. The molecule has 0 aliphatic rings. The number of rotatable bonds is 5. The number of carboxylic acid groups (broad SMARTS) is 2. The molecule has 0 saturated carbocycles. The average Bonchev–Trinajstić information content (AvgIpc) is 2.35. The molecule has 1 aromatic carbocycles. The Kier molecular flexibility index (Phi) is 4.88. The molecular weight excluding hydrogens is 248 g/mol. The quantitative estimate of drug-likeness (QED) is 0.627. The molecule has 0 radical (unpaired) electrons. The van der Waals surface area contributed by atoms with Crippen molar-refractivity contribution in [3.63, 3.8) is 0 Å². The van der Waals surface area contributed by atoms with Gasteiger partial charge in [-0.15, -0.1) is 0 Å². The van der Waals surface area contributed by atoms with Crippen molar-refractivity contribution < 1.29 is 24.5 Å². The van der Waals surface area contributed by atoms with Crippen LogP contribution in [0, 0.1) is 0 Å². The number of hydrogen-bond donors (Lipinski definition) is 2. The zero-order valence-electron chi connectivity index (χ0n) is 10.6. The van der Waals surface area contributed by atoms with E-state index in [-0.39, 0.29) is 11.1 Å². The fraction of sp³-hybridized carbons (Fsp3) is 0.143. The van der Waals surface area contributed by atoms with Crippen molar-refractivity contribution in [2.24, 2.45) is 0 Å². The van der Waals surface area contributed by atoms with Crippen molar-refractivity contribution in [3.05, 3.63) is 47.1 Å². The van der Waals surface area contributed by atoms with E-state index in [0.717, 1.165) is 6.08 Å². The largest absolute Gasteiger partial charge is 0.497 e. The van der Waals surface area contributed by atoms with Crippen molar-refractivity contribution >= 4 is 18.0 Å². The molecule has 0 aliphatic carbocycles. The van der Waals surface area contributed by atoms with Gasteiger partial charge in [0.25, 0.3) is 0 Å². The van der Waals surface area contributed by atoms with Crippen molar-refractivity contribution in [1.29, 1.82) is 0 Å². The van der Waals surface area contributed by atoms with Crippen LogP contribution in [-0.2, 0) is 9.59 Å². The lowest BCUT2D eigenvalue weighted by atomic mass is 10.0. The third-order valence-electron chi connectivity index (χ3n) is 2.42. The second-order valence-electron chi connectivity index (χ2n) is 3.80. The van der Waals surface area contributed by atoms with Crippen LogP contribution in [0.4, 0.5) is 0 Å². The lowest BCUT2D eigenvalue weighted by Gasteiger charge is -2.03. The maximum absolute atomic E-state index is 11.1. The number of methoxy groups -OCH3 is 1. The maximum atomic E-state index is 11.1. The van der Waals surface area contributed by atoms with E-state index in [9.17, 15) is 9.59 Å². The van der Waals surface area contributed by atoms with Crippen LogP contribution in [0.5, 0.6) is 5.75 Å². The molecule has 1 rings (SSSR count). The van der Waals surface area contributed by atoms with Crippen LogP contribution in [-0.4, -0.2) is 29.3 Å². The van der Waals surface area contributed by atoms with Gasteiger partial charge in [-0.25, -0.2) is 9.59 Å². The number of benzene rings is 1. The van der Waals surface area contributed by atoms with E-state index in [2.05, 4.69) is 0 Å². The van der Waals surface area contributed by atoms with Crippen molar-refractivity contribution in [2.45, 2.75) is 6.92 Å². The molecule has 0 saturated heterocycles. The summed E-state index contributed by atoms with van der Waals surface area (Å²) in [5.41, 5.74) is 0.764. The molecule has 0 unspecified atom stereocenters. The van der Waals surface area contributed by atoms with Crippen LogP contribution in [0.25, 0.3) is 6.08 Å². The predicted molar refractivity (Wildman–Crippen MR) is 70.0 cm³/mol. The molecule has 2 N–H and O–H groups in total. The van der Waals surface area contributed by atoms with Gasteiger partial charge in [0.1, 0.15) is 5.75 Å². The molecule has 19 heavy (non-hydrogen) atoms. The third kappa shape index (κ3) is 4.31. The fourth-order valence-electron chi connectivity index (χ4n) is 1.47. The van der Waals surface area contributed by atoms with Gasteiger partial charge >= 0.3 is 11.9 Å². The highest BCUT2D eigenvalue weighted by Crippen LogP contribution is 2.17. The number of hydrogen-bond acceptors (Lipinski definition) is 3. The third-order valence-corrected chi connectivity index (χ3v) is 2.42. The van der Waals surface area contributed by atoms with Gasteiger partial charge in [0.15, 0.2) is 0 Å². The Morgan fingerprint density at radius 2 is 1.74 bits per heavy atom. The van der Waals surface area contributed by atoms with Crippen LogP contribution in [0.3, 0.4) is 0 Å². The lowest BCUT2D eigenvalue weighted by Crippen LogP contribution is -2.03. The van der Waals surface area contributed by atoms with E-state index in [1.54, 1.807) is 24.3 Å². The topological polar surface area (TPSA) is 83.8 Å². The highest BCUT2D eigenvalue weighted by Gasteiger charge is 2.11. The molecule has 0 atom stereocenters. The molecule has 0 spiro atoms. The predicted octanol–water partition coefficient (Wildman–Crippen LogP) is 2.19. The van der Waals surface area contributed by atoms with Gasteiger partial charge in [-0.3, -0.25) is 0 Å². The minimum absolute atomic E-state index is 0.0624. The summed E-state index contributed by atoms with van der Waals surface area (Å²) in [5.74, 6) is -1.70. The van der Waals surface area contributed by atoms with Crippen molar-refractivity contribution in [2.75, 3.05) is 7.11 Å². The molecule has 0 amide bonds. The summed E-state index contributed by atoms with van der Waals surface area (Å²) in [6, 6.07) is 6.77. The van der Waals surface area contributed by atoms with Gasteiger partial charge in [-0.2, -0.15) is 0 Å². The van der Waals surface area contributed by atoms with E-state index in [1.807, 2.05) is 0 Å². The summed E-state index contributed by atoms with van der Waals surface area (Å²) in [4.78, 5) is 21.7. The molecule has 0 fully saturated rings. The van der Waals surface area contributed by atoms with E-state index < -0.39 is 11.9 Å². The molecule has 1 aromatic rings. The first kappa shape index (κ1) is 14.5. The molecule has 5 heteroatoms. The molecule has 0 bridgehead atoms. The fourth-order valence-corrected chi connectivity index (χ4v) is 1.47. The number of ether oxygens (including phenoxy) is 1. The molecule has 5 nitrogen and oxygen atoms in total. The first-order valence-electron chi connectivity index (χ1n) is 5.44. The van der Waals surface area contributed by atoms with Gasteiger partial charge in [0.05, 0.1) is 12.7 Å². The maximum Gasteiger partial charge on any atom is 0.335 e. The highest BCUT2D eigenvalue weighted by molar-refractivity contribution is 5.99. The number of carboxylic acids is 2. The van der Waals surface area contributed by atoms with Gasteiger partial charge < -0.3 is 14.9 Å². The Labute approximate surface area is 110 Å². The monoisotopic (exact) mass is 262 g/mol. The van der Waals surface area contributed by atoms with Crippen LogP contribution in [0.1, 0.15) is 12.5 Å². The SMILES string of the molecule is COc1ccc(C=C(C(=O)O)C(C)=CC(=O)O)cc1. The summed E-state index contributed by atoms with van der Waals surface area (Å²) in [7, 11) is 1.53. The van der Waals surface area contributed by atoms with Gasteiger partial charge in [-0.1, -0.05) is 12.1 Å². The standard InChI is InChI=1S/C14H14O5/c1-9(7-13(15)16)12(14(17)18)8-10-3-5-11(19-2)6-4-10/h3-8H,1-2H3,(H,15,16)(H,17,18). The molecular formula is C14H14O5. The first-order valence-corrected chi connectivity index (χ1v) is 5.44. The smallest absolute Gasteiger partial charge is 0.335 e. The van der Waals surface area contributed by atoms with E-state index in [1.165, 1.54) is 20.1 Å². The van der Waals surface area contributed by atoms with Crippen LogP contribution < -0.4 is 4.74 Å². The number of carbonyl (C=O) groups is 2. The summed E-state index contributed by atoms with van der Waals surface area (Å²) < 4.78 is 5.00. The number of aliphatic carboxylic acids is 2. The van der Waals surface area contributed by atoms with Gasteiger partial charge in [0, 0.05) is 6.08 Å². The summed E-state index contributed by atoms with van der Waals surface area (Å²) in [6.07, 6.45) is 2.28. The van der Waals surface area contributed by atoms with Gasteiger partial charge in [0.2, 0.25) is 0 Å². The average molecular weight is 262 g/mol. The van der Waals surface area contributed by atoms with Crippen LogP contribution in [0.15, 0.2) is 41.5 Å². The molecule has 100 valence electrons. The minimum atomic E-state index is -1.18. The highest BCUT2D eigenvalue weighted by atomic mass is 16.5. The lowest BCUT2D eigenvalue weighted by molar-refractivity contribution is -0.132. The summed E-state index contributed by atoms with van der Waals surface area (Å²) >= 11 is 0. The first-order chi connectivity index (χ1) is 8.93. The van der Waals surface area contributed by atoms with Crippen molar-refractivity contribution in [1.82, 2.24) is 0 Å². The Morgan fingerprint density at radius 1 is 1.16 bits per heavy atom. The molecule has 0 aliphatic heterocycles. The normalized spacial score (nSPS) is 12.1. The van der Waals surface area contributed by atoms with E-state index >= 15 is 0 Å². The Morgan fingerprint density at radius 3 is 2.16 bits per heavy atom. The second-order valence-corrected chi connectivity index (χ2v) is 3.80. The summed E-state index contributed by atoms with van der Waals surface area (Å²) in [6.45, 7) is 1.44. The minimum Gasteiger partial charge on any atom is -0.497 e. The molecule has 0 heterocycles.